The lowest BCUT2D eigenvalue weighted by Crippen LogP contribution is -2.25. The molecule has 2 aromatic rings. The number of nitrogens with one attached hydrogen (secondary N) is 1. The number of hydrogen-bond acceptors (Lipinski definition) is 4. The van der Waals surface area contributed by atoms with Gasteiger partial charge < -0.3 is 10.7 Å². The molecule has 3 N–H and O–H groups in total. The molecule has 0 bridgehead atoms. The summed E-state index contributed by atoms with van der Waals surface area (Å²) < 4.78 is 0. The van der Waals surface area contributed by atoms with Crippen molar-refractivity contribution in [2.75, 3.05) is 13.1 Å². The minimum atomic E-state index is 0.750. The number of H-pyrrole nitrogens is 1. The molecule has 0 amide bonds. The maximum Gasteiger partial charge on any atom is 0.103 e. The molecule has 0 saturated heterocycles. The molecule has 2 aromatic heterocycles. The topological polar surface area (TPSA) is 70.8 Å². The lowest BCUT2D eigenvalue weighted by molar-refractivity contribution is 0.246. The highest BCUT2D eigenvalue weighted by molar-refractivity contribution is 5.17. The van der Waals surface area contributed by atoms with Crippen LogP contribution in [0.25, 0.3) is 0 Å². The lowest BCUT2D eigenvalue weighted by atomic mass is 10.2. The molecule has 0 unspecified atom stereocenters. The number of aromatic amines is 1. The van der Waals surface area contributed by atoms with Crippen LogP contribution in [-0.2, 0) is 13.1 Å². The average Bonchev–Trinajstić information content (AvgIpc) is 2.87. The maximum absolute atomic E-state index is 5.60. The molecule has 0 aliphatic carbocycles. The lowest BCUT2D eigenvalue weighted by Gasteiger charge is -2.22. The van der Waals surface area contributed by atoms with Crippen LogP contribution in [0.2, 0.25) is 0 Å². The number of imidazole rings is 1. The van der Waals surface area contributed by atoms with E-state index < -0.39 is 0 Å². The SMILES string of the molecule is Cc1ncc(CN(CCCCN)Cc2ncccc2C)[nH]1. The highest BCUT2D eigenvalue weighted by Crippen LogP contribution is 2.11. The second-order valence-corrected chi connectivity index (χ2v) is 5.47. The molecule has 114 valence electrons. The Kier molecular flexibility index (Phi) is 5.90. The van der Waals surface area contributed by atoms with E-state index in [0.29, 0.717) is 0 Å². The van der Waals surface area contributed by atoms with E-state index in [9.17, 15) is 0 Å². The Hall–Kier alpha value is -1.72. The van der Waals surface area contributed by atoms with Crippen molar-refractivity contribution < 1.29 is 0 Å². The fraction of sp³-hybridized carbons (Fsp3) is 0.500. The molecule has 0 aliphatic rings. The molecule has 0 spiro atoms. The highest BCUT2D eigenvalue weighted by Gasteiger charge is 2.10. The van der Waals surface area contributed by atoms with Gasteiger partial charge in [-0.15, -0.1) is 0 Å². The van der Waals surface area contributed by atoms with Gasteiger partial charge in [0.25, 0.3) is 0 Å². The molecule has 5 heteroatoms. The number of nitrogens with zero attached hydrogens (tertiary/aromatic N) is 3. The number of nitrogens with two attached hydrogens (primary N) is 1. The van der Waals surface area contributed by atoms with Gasteiger partial charge >= 0.3 is 0 Å². The summed E-state index contributed by atoms with van der Waals surface area (Å²) in [5.74, 6) is 0.959. The van der Waals surface area contributed by atoms with Crippen molar-refractivity contribution in [3.8, 4) is 0 Å². The second-order valence-electron chi connectivity index (χ2n) is 5.47. The van der Waals surface area contributed by atoms with Gasteiger partial charge in [-0.25, -0.2) is 4.98 Å². The zero-order chi connectivity index (χ0) is 15.1. The van der Waals surface area contributed by atoms with Crippen molar-refractivity contribution in [1.29, 1.82) is 0 Å². The number of aromatic nitrogens is 3. The van der Waals surface area contributed by atoms with E-state index in [1.54, 1.807) is 0 Å². The fourth-order valence-corrected chi connectivity index (χ4v) is 2.38. The predicted octanol–water partition coefficient (Wildman–Crippen LogP) is 2.16. The van der Waals surface area contributed by atoms with Crippen LogP contribution in [0, 0.1) is 13.8 Å². The zero-order valence-corrected chi connectivity index (χ0v) is 13.0. The van der Waals surface area contributed by atoms with Crippen LogP contribution >= 0.6 is 0 Å². The minimum Gasteiger partial charge on any atom is -0.345 e. The van der Waals surface area contributed by atoms with Crippen molar-refractivity contribution in [2.24, 2.45) is 5.73 Å². The number of unbranched alkanes of at least 4 members (excludes halogenated alkanes) is 1. The molecule has 0 radical (unpaired) electrons. The molecule has 0 atom stereocenters. The predicted molar refractivity (Wildman–Crippen MR) is 84.7 cm³/mol. The van der Waals surface area contributed by atoms with Gasteiger partial charge in [-0.2, -0.15) is 0 Å². The van der Waals surface area contributed by atoms with Gasteiger partial charge in [-0.1, -0.05) is 6.07 Å². The summed E-state index contributed by atoms with van der Waals surface area (Å²) in [6.07, 6.45) is 5.94. The van der Waals surface area contributed by atoms with Crippen molar-refractivity contribution >= 4 is 0 Å². The van der Waals surface area contributed by atoms with Gasteiger partial charge in [0.1, 0.15) is 5.82 Å². The molecule has 5 nitrogen and oxygen atoms in total. The van der Waals surface area contributed by atoms with Gasteiger partial charge in [0, 0.05) is 31.2 Å². The largest absolute Gasteiger partial charge is 0.345 e. The number of pyridine rings is 1. The van der Waals surface area contributed by atoms with Gasteiger partial charge in [0.05, 0.1) is 5.69 Å². The quantitative estimate of drug-likeness (QED) is 0.730. The first-order chi connectivity index (χ1) is 10.2. The van der Waals surface area contributed by atoms with Gasteiger partial charge in [0.2, 0.25) is 0 Å². The second kappa shape index (κ2) is 7.90. The summed E-state index contributed by atoms with van der Waals surface area (Å²) in [5, 5.41) is 0. The van der Waals surface area contributed by atoms with E-state index in [2.05, 4.69) is 32.8 Å². The van der Waals surface area contributed by atoms with E-state index in [1.807, 2.05) is 25.4 Å². The Bertz CT molecular complexity index is 549. The number of rotatable bonds is 8. The van der Waals surface area contributed by atoms with E-state index in [4.69, 9.17) is 5.73 Å². The van der Waals surface area contributed by atoms with E-state index in [0.717, 1.165) is 56.2 Å². The van der Waals surface area contributed by atoms with Gasteiger partial charge in [-0.3, -0.25) is 9.88 Å². The Morgan fingerprint density at radius 2 is 2.05 bits per heavy atom. The van der Waals surface area contributed by atoms with Crippen molar-refractivity contribution in [2.45, 2.75) is 39.8 Å². The molecule has 0 fully saturated rings. The Labute approximate surface area is 126 Å². The summed E-state index contributed by atoms with van der Waals surface area (Å²) in [6, 6.07) is 4.09. The van der Waals surface area contributed by atoms with Crippen molar-refractivity contribution in [3.63, 3.8) is 0 Å². The summed E-state index contributed by atoms with van der Waals surface area (Å²) >= 11 is 0. The molecular formula is C16H25N5. The van der Waals surface area contributed by atoms with Crippen LogP contribution < -0.4 is 5.73 Å². The maximum atomic E-state index is 5.60. The molecule has 2 heterocycles. The first kappa shape index (κ1) is 15.7. The van der Waals surface area contributed by atoms with Crippen LogP contribution in [0.15, 0.2) is 24.5 Å². The zero-order valence-electron chi connectivity index (χ0n) is 13.0. The smallest absolute Gasteiger partial charge is 0.103 e. The Morgan fingerprint density at radius 1 is 1.19 bits per heavy atom. The van der Waals surface area contributed by atoms with E-state index >= 15 is 0 Å². The van der Waals surface area contributed by atoms with Crippen LogP contribution in [0.1, 0.15) is 35.6 Å². The summed E-state index contributed by atoms with van der Waals surface area (Å²) in [6.45, 7) is 7.58. The highest BCUT2D eigenvalue weighted by atomic mass is 15.1. The first-order valence-electron chi connectivity index (χ1n) is 7.52. The molecule has 0 saturated carbocycles. The average molecular weight is 287 g/mol. The summed E-state index contributed by atoms with van der Waals surface area (Å²) in [4.78, 5) is 14.5. The third-order valence-electron chi connectivity index (χ3n) is 3.57. The molecule has 21 heavy (non-hydrogen) atoms. The normalized spacial score (nSPS) is 11.2. The third-order valence-corrected chi connectivity index (χ3v) is 3.57. The number of hydrogen-bond donors (Lipinski definition) is 2. The van der Waals surface area contributed by atoms with Crippen LogP contribution in [-0.4, -0.2) is 32.9 Å². The summed E-state index contributed by atoms with van der Waals surface area (Å²) in [7, 11) is 0. The molecule has 2 rings (SSSR count). The first-order valence-corrected chi connectivity index (χ1v) is 7.52. The Morgan fingerprint density at radius 3 is 2.71 bits per heavy atom. The molecule has 0 aromatic carbocycles. The molecule has 0 aliphatic heterocycles. The van der Waals surface area contributed by atoms with Crippen molar-refractivity contribution in [1.82, 2.24) is 19.9 Å². The number of aryl methyl sites for hydroxylation is 2. The van der Waals surface area contributed by atoms with Crippen LogP contribution in [0.4, 0.5) is 0 Å². The minimum absolute atomic E-state index is 0.750. The van der Waals surface area contributed by atoms with Crippen LogP contribution in [0.5, 0.6) is 0 Å². The van der Waals surface area contributed by atoms with Gasteiger partial charge in [0.15, 0.2) is 0 Å². The summed E-state index contributed by atoms with van der Waals surface area (Å²) in [5.41, 5.74) is 9.13. The Balaban J connectivity index is 2.02. The van der Waals surface area contributed by atoms with Gasteiger partial charge in [-0.05, 0) is 51.4 Å². The molecular weight excluding hydrogens is 262 g/mol. The van der Waals surface area contributed by atoms with E-state index in [-0.39, 0.29) is 0 Å². The third kappa shape index (κ3) is 4.95. The van der Waals surface area contributed by atoms with E-state index in [1.165, 1.54) is 5.56 Å². The monoisotopic (exact) mass is 287 g/mol. The standard InChI is InChI=1S/C16H25N5/c1-13-6-5-8-18-16(13)12-21(9-4-3-7-17)11-15-10-19-14(2)20-15/h5-6,8,10H,3-4,7,9,11-12,17H2,1-2H3,(H,19,20). The van der Waals surface area contributed by atoms with Crippen LogP contribution in [0.3, 0.4) is 0 Å². The fourth-order valence-electron chi connectivity index (χ4n) is 2.38. The van der Waals surface area contributed by atoms with Crippen molar-refractivity contribution in [3.05, 3.63) is 47.3 Å².